The van der Waals surface area contributed by atoms with Crippen LogP contribution >= 0.6 is 11.6 Å². The number of fused-ring (bicyclic) bond motifs is 1. The van der Waals surface area contributed by atoms with Crippen molar-refractivity contribution in [3.63, 3.8) is 0 Å². The standard InChI is InChI=1S/C25H25ClN6O2/c1-15-11-28-14-23(30-15)17-3-4-20(22(26)10-17)21-9-18-12-29-16(2)31-24(18)32(25(21)33)7-5-19-13-27-6-8-34-19/h3-4,9-12,14,19,27H,5-8,13H2,1-2H3/t19-/m0/s1. The molecule has 5 rings (SSSR count). The summed E-state index contributed by atoms with van der Waals surface area (Å²) < 4.78 is 7.55. The molecule has 1 aliphatic heterocycles. The number of morpholine rings is 1. The van der Waals surface area contributed by atoms with Gasteiger partial charge in [0.05, 0.1) is 30.3 Å². The van der Waals surface area contributed by atoms with Crippen molar-refractivity contribution in [2.45, 2.75) is 32.9 Å². The Labute approximate surface area is 202 Å². The van der Waals surface area contributed by atoms with Gasteiger partial charge >= 0.3 is 0 Å². The Balaban J connectivity index is 1.57. The van der Waals surface area contributed by atoms with Gasteiger partial charge in [0, 0.05) is 59.1 Å². The Bertz CT molecular complexity index is 1410. The highest BCUT2D eigenvalue weighted by atomic mass is 35.5. The van der Waals surface area contributed by atoms with E-state index in [4.69, 9.17) is 16.3 Å². The van der Waals surface area contributed by atoms with Gasteiger partial charge in [-0.05, 0) is 32.4 Å². The molecule has 1 saturated heterocycles. The average Bonchev–Trinajstić information content (AvgIpc) is 2.84. The van der Waals surface area contributed by atoms with Crippen molar-refractivity contribution >= 4 is 22.6 Å². The molecule has 1 fully saturated rings. The van der Waals surface area contributed by atoms with E-state index < -0.39 is 0 Å². The third-order valence-corrected chi connectivity index (χ3v) is 6.25. The molecule has 0 amide bonds. The van der Waals surface area contributed by atoms with E-state index in [0.717, 1.165) is 35.4 Å². The highest BCUT2D eigenvalue weighted by molar-refractivity contribution is 6.33. The molecule has 4 aromatic rings. The molecular formula is C25H25ClN6O2. The number of aromatic nitrogens is 5. The number of hydrogen-bond donors (Lipinski definition) is 1. The van der Waals surface area contributed by atoms with Gasteiger partial charge in [-0.2, -0.15) is 0 Å². The van der Waals surface area contributed by atoms with Crippen LogP contribution < -0.4 is 10.9 Å². The summed E-state index contributed by atoms with van der Waals surface area (Å²) in [5.74, 6) is 0.616. The summed E-state index contributed by atoms with van der Waals surface area (Å²) in [6, 6.07) is 7.41. The molecule has 8 nitrogen and oxygen atoms in total. The molecule has 0 aliphatic carbocycles. The van der Waals surface area contributed by atoms with Crippen molar-refractivity contribution in [2.75, 3.05) is 19.7 Å². The Morgan fingerprint density at radius 2 is 2.03 bits per heavy atom. The van der Waals surface area contributed by atoms with Crippen molar-refractivity contribution < 1.29 is 4.74 Å². The van der Waals surface area contributed by atoms with Crippen LogP contribution in [0.25, 0.3) is 33.4 Å². The molecule has 0 saturated carbocycles. The van der Waals surface area contributed by atoms with Gasteiger partial charge in [0.25, 0.3) is 5.56 Å². The van der Waals surface area contributed by atoms with Crippen LogP contribution in [-0.4, -0.2) is 50.3 Å². The number of benzene rings is 1. The lowest BCUT2D eigenvalue weighted by Gasteiger charge is -2.24. The predicted octanol–water partition coefficient (Wildman–Crippen LogP) is 3.56. The van der Waals surface area contributed by atoms with E-state index in [-0.39, 0.29) is 11.7 Å². The molecule has 34 heavy (non-hydrogen) atoms. The van der Waals surface area contributed by atoms with Crippen LogP contribution in [0.4, 0.5) is 0 Å². The van der Waals surface area contributed by atoms with Crippen LogP contribution in [0, 0.1) is 13.8 Å². The van der Waals surface area contributed by atoms with Gasteiger partial charge < -0.3 is 10.1 Å². The van der Waals surface area contributed by atoms with Gasteiger partial charge in [-0.1, -0.05) is 23.7 Å². The normalized spacial score (nSPS) is 16.1. The van der Waals surface area contributed by atoms with Gasteiger partial charge in [0.2, 0.25) is 0 Å². The van der Waals surface area contributed by atoms with Crippen molar-refractivity contribution in [1.82, 2.24) is 29.8 Å². The van der Waals surface area contributed by atoms with Gasteiger partial charge in [-0.15, -0.1) is 0 Å². The van der Waals surface area contributed by atoms with Crippen molar-refractivity contribution in [1.29, 1.82) is 0 Å². The number of ether oxygens (including phenoxy) is 1. The lowest BCUT2D eigenvalue weighted by molar-refractivity contribution is 0.0211. The smallest absolute Gasteiger partial charge is 0.260 e. The maximum absolute atomic E-state index is 13.7. The first-order chi connectivity index (χ1) is 16.5. The van der Waals surface area contributed by atoms with E-state index in [2.05, 4.69) is 25.3 Å². The molecule has 1 aromatic carbocycles. The number of rotatable bonds is 5. The minimum absolute atomic E-state index is 0.0561. The fourth-order valence-electron chi connectivity index (χ4n) is 4.22. The predicted molar refractivity (Wildman–Crippen MR) is 132 cm³/mol. The molecule has 1 aliphatic rings. The van der Waals surface area contributed by atoms with E-state index in [1.807, 2.05) is 38.1 Å². The van der Waals surface area contributed by atoms with E-state index >= 15 is 0 Å². The number of halogens is 1. The molecule has 1 atom stereocenters. The zero-order chi connectivity index (χ0) is 23.7. The third kappa shape index (κ3) is 4.57. The van der Waals surface area contributed by atoms with E-state index in [0.29, 0.717) is 47.2 Å². The van der Waals surface area contributed by atoms with Gasteiger partial charge in [0.1, 0.15) is 11.5 Å². The number of hydrogen-bond acceptors (Lipinski definition) is 7. The van der Waals surface area contributed by atoms with E-state index in [1.165, 1.54) is 0 Å². The monoisotopic (exact) mass is 476 g/mol. The molecule has 174 valence electrons. The zero-order valence-corrected chi connectivity index (χ0v) is 19.8. The summed E-state index contributed by atoms with van der Waals surface area (Å²) >= 11 is 6.70. The SMILES string of the molecule is Cc1cncc(-c2ccc(-c3cc4cnc(C)nc4n(CC[C@H]4CNCCO4)c3=O)c(Cl)c2)n1. The minimum atomic E-state index is -0.139. The van der Waals surface area contributed by atoms with Crippen LogP contribution in [0.15, 0.2) is 47.7 Å². The van der Waals surface area contributed by atoms with Crippen molar-refractivity contribution in [3.8, 4) is 22.4 Å². The highest BCUT2D eigenvalue weighted by Gasteiger charge is 2.18. The third-order valence-electron chi connectivity index (χ3n) is 5.94. The topological polar surface area (TPSA) is 94.8 Å². The Hall–Kier alpha value is -3.20. The quantitative estimate of drug-likeness (QED) is 0.470. The van der Waals surface area contributed by atoms with E-state index in [9.17, 15) is 4.79 Å². The maximum Gasteiger partial charge on any atom is 0.260 e. The van der Waals surface area contributed by atoms with Crippen LogP contribution in [0.3, 0.4) is 0 Å². The van der Waals surface area contributed by atoms with Crippen molar-refractivity contribution in [2.24, 2.45) is 0 Å². The molecule has 0 spiro atoms. The number of nitrogens with zero attached hydrogens (tertiary/aromatic N) is 5. The number of aryl methyl sites for hydroxylation is 3. The summed E-state index contributed by atoms with van der Waals surface area (Å²) in [6.07, 6.45) is 5.91. The molecular weight excluding hydrogens is 452 g/mol. The van der Waals surface area contributed by atoms with Gasteiger partial charge in [-0.3, -0.25) is 14.3 Å². The Morgan fingerprint density at radius 3 is 2.79 bits per heavy atom. The summed E-state index contributed by atoms with van der Waals surface area (Å²) in [7, 11) is 0. The molecule has 0 unspecified atom stereocenters. The number of pyridine rings is 1. The zero-order valence-electron chi connectivity index (χ0n) is 19.1. The fraction of sp³-hybridized carbons (Fsp3) is 0.320. The summed E-state index contributed by atoms with van der Waals surface area (Å²) in [6.45, 7) is 6.50. The molecule has 3 aromatic heterocycles. The molecule has 4 heterocycles. The van der Waals surface area contributed by atoms with Crippen LogP contribution in [-0.2, 0) is 11.3 Å². The molecule has 0 radical (unpaired) electrons. The summed E-state index contributed by atoms with van der Waals surface area (Å²) in [5, 5.41) is 4.59. The maximum atomic E-state index is 13.7. The second-order valence-corrected chi connectivity index (χ2v) is 8.84. The molecule has 9 heteroatoms. The first-order valence-corrected chi connectivity index (χ1v) is 11.7. The first-order valence-electron chi connectivity index (χ1n) is 11.3. The average molecular weight is 477 g/mol. The summed E-state index contributed by atoms with van der Waals surface area (Å²) in [4.78, 5) is 31.3. The first kappa shape index (κ1) is 22.6. The van der Waals surface area contributed by atoms with Crippen LogP contribution in [0.2, 0.25) is 5.02 Å². The highest BCUT2D eigenvalue weighted by Crippen LogP contribution is 2.31. The lowest BCUT2D eigenvalue weighted by atomic mass is 10.0. The molecule has 1 N–H and O–H groups in total. The Kier molecular flexibility index (Phi) is 6.36. The second-order valence-electron chi connectivity index (χ2n) is 8.44. The van der Waals surface area contributed by atoms with Gasteiger partial charge in [0.15, 0.2) is 0 Å². The van der Waals surface area contributed by atoms with Crippen LogP contribution in [0.5, 0.6) is 0 Å². The van der Waals surface area contributed by atoms with Crippen molar-refractivity contribution in [3.05, 3.63) is 69.8 Å². The lowest BCUT2D eigenvalue weighted by Crippen LogP contribution is -2.39. The fourth-order valence-corrected chi connectivity index (χ4v) is 4.50. The number of nitrogens with one attached hydrogen (secondary N) is 1. The largest absolute Gasteiger partial charge is 0.376 e. The van der Waals surface area contributed by atoms with E-state index in [1.54, 1.807) is 23.2 Å². The Morgan fingerprint density at radius 1 is 1.15 bits per heavy atom. The second kappa shape index (κ2) is 9.58. The minimum Gasteiger partial charge on any atom is -0.376 e. The molecule has 0 bridgehead atoms. The summed E-state index contributed by atoms with van der Waals surface area (Å²) in [5.41, 5.74) is 4.04. The van der Waals surface area contributed by atoms with Gasteiger partial charge in [-0.25, -0.2) is 15.0 Å². The van der Waals surface area contributed by atoms with Crippen LogP contribution in [0.1, 0.15) is 17.9 Å².